The number of thiophene rings is 1. The maximum atomic E-state index is 11.3. The molecule has 3 nitrogen and oxygen atoms in total. The predicted molar refractivity (Wildman–Crippen MR) is 77.9 cm³/mol. The van der Waals surface area contributed by atoms with Gasteiger partial charge in [-0.05, 0) is 18.4 Å². The van der Waals surface area contributed by atoms with Crippen molar-refractivity contribution in [2.45, 2.75) is 6.92 Å². The first kappa shape index (κ1) is 12.0. The molecule has 0 bridgehead atoms. The lowest BCUT2D eigenvalue weighted by atomic mass is 10.0. The molecule has 0 spiro atoms. The number of hydrogen-bond acceptors (Lipinski definition) is 2. The van der Waals surface area contributed by atoms with Crippen molar-refractivity contribution in [3.05, 3.63) is 46.3 Å². The maximum Gasteiger partial charge on any atom is 0.337 e. The van der Waals surface area contributed by atoms with Crippen LogP contribution in [0.5, 0.6) is 0 Å². The van der Waals surface area contributed by atoms with Crippen LogP contribution in [-0.2, 0) is 7.05 Å². The van der Waals surface area contributed by atoms with E-state index in [-0.39, 0.29) is 0 Å². The van der Waals surface area contributed by atoms with Gasteiger partial charge in [-0.1, -0.05) is 18.2 Å². The lowest BCUT2D eigenvalue weighted by Gasteiger charge is -2.02. The van der Waals surface area contributed by atoms with Gasteiger partial charge in [-0.25, -0.2) is 4.79 Å². The molecule has 0 aliphatic heterocycles. The molecule has 3 aromatic rings. The van der Waals surface area contributed by atoms with Crippen LogP contribution in [0.25, 0.3) is 22.0 Å². The van der Waals surface area contributed by atoms with Crippen molar-refractivity contribution in [2.24, 2.45) is 7.05 Å². The first-order valence-corrected chi connectivity index (χ1v) is 6.89. The fourth-order valence-electron chi connectivity index (χ4n) is 2.52. The number of carboxylic acids is 1. The topological polar surface area (TPSA) is 42.2 Å². The third-order valence-electron chi connectivity index (χ3n) is 3.56. The molecular weight excluding hydrogens is 258 g/mol. The molecule has 0 radical (unpaired) electrons. The molecule has 0 aliphatic rings. The fourth-order valence-corrected chi connectivity index (χ4v) is 3.33. The van der Waals surface area contributed by atoms with Crippen LogP contribution in [0.4, 0.5) is 0 Å². The Morgan fingerprint density at radius 2 is 2.00 bits per heavy atom. The molecule has 0 atom stereocenters. The van der Waals surface area contributed by atoms with Crippen LogP contribution < -0.4 is 0 Å². The minimum Gasteiger partial charge on any atom is -0.478 e. The van der Waals surface area contributed by atoms with Gasteiger partial charge in [0, 0.05) is 40.2 Å². The van der Waals surface area contributed by atoms with Gasteiger partial charge in [0.15, 0.2) is 0 Å². The van der Waals surface area contributed by atoms with E-state index in [4.69, 9.17) is 0 Å². The van der Waals surface area contributed by atoms with Gasteiger partial charge in [-0.3, -0.25) is 0 Å². The Kier molecular flexibility index (Phi) is 2.68. The quantitative estimate of drug-likeness (QED) is 0.767. The van der Waals surface area contributed by atoms with E-state index in [1.165, 1.54) is 11.3 Å². The number of para-hydroxylation sites is 1. The summed E-state index contributed by atoms with van der Waals surface area (Å²) in [6.07, 6.45) is 0. The molecule has 3 rings (SSSR count). The van der Waals surface area contributed by atoms with Crippen LogP contribution in [0.3, 0.4) is 0 Å². The third kappa shape index (κ3) is 1.68. The molecule has 0 amide bonds. The number of carboxylic acid groups (broad SMARTS) is 1. The Bertz CT molecular complexity index is 783. The molecule has 0 saturated carbocycles. The molecule has 1 aromatic carbocycles. The largest absolute Gasteiger partial charge is 0.478 e. The molecule has 0 unspecified atom stereocenters. The number of aromatic nitrogens is 1. The number of fused-ring (bicyclic) bond motifs is 1. The number of benzene rings is 1. The number of aryl methyl sites for hydroxylation is 1. The number of aromatic carboxylic acids is 1. The van der Waals surface area contributed by atoms with E-state index in [9.17, 15) is 9.90 Å². The summed E-state index contributed by atoms with van der Waals surface area (Å²) in [4.78, 5) is 11.3. The first-order valence-electron chi connectivity index (χ1n) is 5.95. The predicted octanol–water partition coefficient (Wildman–Crippen LogP) is 3.91. The van der Waals surface area contributed by atoms with E-state index in [0.717, 1.165) is 27.7 Å². The Labute approximate surface area is 114 Å². The highest BCUT2D eigenvalue weighted by Crippen LogP contribution is 2.37. The number of hydrogen-bond donors (Lipinski definition) is 1. The van der Waals surface area contributed by atoms with Crippen molar-refractivity contribution in [3.63, 3.8) is 0 Å². The van der Waals surface area contributed by atoms with Crippen molar-refractivity contribution in [2.75, 3.05) is 0 Å². The number of nitrogens with zero attached hydrogens (tertiary/aromatic N) is 1. The molecule has 96 valence electrons. The lowest BCUT2D eigenvalue weighted by Crippen LogP contribution is -1.97. The van der Waals surface area contributed by atoms with Crippen molar-refractivity contribution in [1.29, 1.82) is 0 Å². The van der Waals surface area contributed by atoms with Crippen molar-refractivity contribution in [1.82, 2.24) is 4.57 Å². The smallest absolute Gasteiger partial charge is 0.337 e. The van der Waals surface area contributed by atoms with Crippen LogP contribution in [0.2, 0.25) is 0 Å². The summed E-state index contributed by atoms with van der Waals surface area (Å²) in [6.45, 7) is 2.03. The third-order valence-corrected chi connectivity index (χ3v) is 4.30. The van der Waals surface area contributed by atoms with Gasteiger partial charge in [0.25, 0.3) is 0 Å². The monoisotopic (exact) mass is 271 g/mol. The zero-order chi connectivity index (χ0) is 13.6. The second kappa shape index (κ2) is 4.24. The van der Waals surface area contributed by atoms with Crippen LogP contribution >= 0.6 is 11.3 Å². The zero-order valence-electron chi connectivity index (χ0n) is 10.7. The van der Waals surface area contributed by atoms with Gasteiger partial charge >= 0.3 is 5.97 Å². The van der Waals surface area contributed by atoms with Gasteiger partial charge in [0.05, 0.1) is 5.56 Å². The Hall–Kier alpha value is -2.07. The van der Waals surface area contributed by atoms with Crippen LogP contribution in [-0.4, -0.2) is 15.6 Å². The highest BCUT2D eigenvalue weighted by molar-refractivity contribution is 7.08. The summed E-state index contributed by atoms with van der Waals surface area (Å²) in [5, 5.41) is 14.0. The van der Waals surface area contributed by atoms with Crippen molar-refractivity contribution >= 4 is 28.2 Å². The summed E-state index contributed by atoms with van der Waals surface area (Å²) in [5.41, 5.74) is 4.42. The fraction of sp³-hybridized carbons (Fsp3) is 0.133. The second-order valence-electron chi connectivity index (χ2n) is 4.54. The lowest BCUT2D eigenvalue weighted by molar-refractivity contribution is 0.0698. The molecule has 4 heteroatoms. The van der Waals surface area contributed by atoms with E-state index in [1.54, 1.807) is 5.38 Å². The van der Waals surface area contributed by atoms with E-state index in [0.29, 0.717) is 5.56 Å². The average molecular weight is 271 g/mol. The maximum absolute atomic E-state index is 11.3. The van der Waals surface area contributed by atoms with Gasteiger partial charge in [-0.15, -0.1) is 0 Å². The van der Waals surface area contributed by atoms with Gasteiger partial charge < -0.3 is 9.67 Å². The molecule has 19 heavy (non-hydrogen) atoms. The molecule has 1 N–H and O–H groups in total. The average Bonchev–Trinajstić information content (AvgIpc) is 2.95. The molecule has 0 fully saturated rings. The molecule has 2 aromatic heterocycles. The summed E-state index contributed by atoms with van der Waals surface area (Å²) < 4.78 is 2.11. The van der Waals surface area contributed by atoms with Crippen LogP contribution in [0.15, 0.2) is 35.0 Å². The Morgan fingerprint density at radius 1 is 1.26 bits per heavy atom. The Morgan fingerprint density at radius 3 is 2.74 bits per heavy atom. The summed E-state index contributed by atoms with van der Waals surface area (Å²) in [5.74, 6) is -0.872. The highest BCUT2D eigenvalue weighted by atomic mass is 32.1. The molecule has 0 aliphatic carbocycles. The number of rotatable bonds is 2. The molecular formula is C15H13NO2S. The second-order valence-corrected chi connectivity index (χ2v) is 5.28. The highest BCUT2D eigenvalue weighted by Gasteiger charge is 2.19. The number of carbonyl (C=O) groups is 1. The first-order chi connectivity index (χ1) is 9.11. The van der Waals surface area contributed by atoms with Crippen molar-refractivity contribution in [3.8, 4) is 11.1 Å². The van der Waals surface area contributed by atoms with E-state index < -0.39 is 5.97 Å². The minimum atomic E-state index is -0.872. The summed E-state index contributed by atoms with van der Waals surface area (Å²) in [6, 6.07) is 8.08. The standard InChI is InChI=1S/C15H13NO2S/c1-9-14(11-7-19-8-12(11)15(17)18)10-5-3-4-6-13(10)16(9)2/h3-8H,1-2H3,(H,17,18). The van der Waals surface area contributed by atoms with Crippen LogP contribution in [0, 0.1) is 6.92 Å². The summed E-state index contributed by atoms with van der Waals surface area (Å²) >= 11 is 1.43. The SMILES string of the molecule is Cc1c(-c2cscc2C(=O)O)c2ccccc2n1C. The summed E-state index contributed by atoms with van der Waals surface area (Å²) in [7, 11) is 2.01. The van der Waals surface area contributed by atoms with E-state index >= 15 is 0 Å². The molecule has 0 saturated heterocycles. The zero-order valence-corrected chi connectivity index (χ0v) is 11.5. The van der Waals surface area contributed by atoms with Gasteiger partial charge in [0.1, 0.15) is 0 Å². The minimum absolute atomic E-state index is 0.379. The Balaban J connectivity index is 2.40. The van der Waals surface area contributed by atoms with E-state index in [1.807, 2.05) is 37.6 Å². The van der Waals surface area contributed by atoms with Crippen molar-refractivity contribution < 1.29 is 9.90 Å². The van der Waals surface area contributed by atoms with Crippen LogP contribution in [0.1, 0.15) is 16.1 Å². The normalized spacial score (nSPS) is 11.1. The molecule has 2 heterocycles. The van der Waals surface area contributed by atoms with Gasteiger partial charge in [0.2, 0.25) is 0 Å². The van der Waals surface area contributed by atoms with Gasteiger partial charge in [-0.2, -0.15) is 11.3 Å². The van der Waals surface area contributed by atoms with E-state index in [2.05, 4.69) is 10.6 Å².